The van der Waals surface area contributed by atoms with E-state index in [0.29, 0.717) is 11.5 Å². The number of hydrogen-bond donors (Lipinski definition) is 0. The van der Waals surface area contributed by atoms with E-state index >= 15 is 0 Å². The van der Waals surface area contributed by atoms with Gasteiger partial charge >= 0.3 is 240 Å². The molecular weight excluding hydrogens is 927 g/mol. The molecule has 284 valence electrons. The van der Waals surface area contributed by atoms with Crippen molar-refractivity contribution in [1.29, 1.82) is 0 Å². The molecule has 2 aliphatic rings. The molecule has 8 rings (SSSR count). The third-order valence-electron chi connectivity index (χ3n) is 9.79. The zero-order valence-electron chi connectivity index (χ0n) is 32.7. The normalized spacial score (nSPS) is 13.9. The van der Waals surface area contributed by atoms with Gasteiger partial charge in [0.1, 0.15) is 0 Å². The second-order valence-electron chi connectivity index (χ2n) is 16.9. The molecule has 3 aromatic heterocycles. The Kier molecular flexibility index (Phi) is 10.3. The second kappa shape index (κ2) is 14.5. The Morgan fingerprint density at radius 1 is 0.636 bits per heavy atom. The maximum atomic E-state index is 6.56. The smallest absolute Gasteiger partial charge is 0 e. The van der Waals surface area contributed by atoms with Crippen LogP contribution in [0.25, 0.3) is 0 Å². The van der Waals surface area contributed by atoms with Crippen LogP contribution in [-0.4, -0.2) is 29.9 Å². The first kappa shape index (κ1) is 38.8. The fraction of sp³-hybridized carbons (Fsp3) is 0.261. The van der Waals surface area contributed by atoms with Crippen LogP contribution in [0.3, 0.4) is 0 Å². The van der Waals surface area contributed by atoms with Crippen molar-refractivity contribution in [2.45, 2.75) is 78.6 Å². The third kappa shape index (κ3) is 7.70. The minimum absolute atomic E-state index is 0. The molecule has 0 N–H and O–H groups in total. The van der Waals surface area contributed by atoms with Gasteiger partial charge in [0.05, 0.1) is 0 Å². The Labute approximate surface area is 346 Å². The van der Waals surface area contributed by atoms with E-state index in [9.17, 15) is 0 Å². The van der Waals surface area contributed by atoms with E-state index in [1.807, 2.05) is 55.1 Å². The maximum absolute atomic E-state index is 6.56. The molecular formula is C46H45N6OPtSe-3. The van der Waals surface area contributed by atoms with Crippen LogP contribution in [0.15, 0.2) is 104 Å². The monoisotopic (exact) mass is 972 g/mol. The summed E-state index contributed by atoms with van der Waals surface area (Å²) in [4.78, 5) is 20.7. The fourth-order valence-corrected chi connectivity index (χ4v) is 8.69. The molecule has 0 fully saturated rings. The van der Waals surface area contributed by atoms with Crippen LogP contribution in [0, 0.1) is 18.8 Å². The van der Waals surface area contributed by atoms with Crippen molar-refractivity contribution >= 4 is 64.0 Å². The molecule has 0 saturated carbocycles. The molecule has 0 saturated heterocycles. The van der Waals surface area contributed by atoms with Crippen LogP contribution < -0.4 is 28.4 Å². The summed E-state index contributed by atoms with van der Waals surface area (Å²) >= 11 is 0.0741. The maximum Gasteiger partial charge on any atom is 0 e. The van der Waals surface area contributed by atoms with E-state index < -0.39 is 0 Å². The number of aromatic nitrogens is 3. The predicted molar refractivity (Wildman–Crippen MR) is 221 cm³/mol. The van der Waals surface area contributed by atoms with Crippen LogP contribution in [0.4, 0.5) is 40.1 Å². The quantitative estimate of drug-likeness (QED) is 0.126. The van der Waals surface area contributed by atoms with Crippen LogP contribution in [-0.2, 0) is 37.3 Å². The molecule has 0 radical (unpaired) electrons. The summed E-state index contributed by atoms with van der Waals surface area (Å²) in [5, 5.41) is 0. The molecule has 9 heteroatoms. The molecule has 0 spiro atoms. The molecule has 2 aliphatic heterocycles. The average molecular weight is 972 g/mol. The molecule has 55 heavy (non-hydrogen) atoms. The molecule has 0 bridgehead atoms. The Morgan fingerprint density at radius 2 is 1.36 bits per heavy atom. The van der Waals surface area contributed by atoms with Gasteiger partial charge in [-0.3, -0.25) is 0 Å². The zero-order valence-corrected chi connectivity index (χ0v) is 36.7. The van der Waals surface area contributed by atoms with Gasteiger partial charge in [0.15, 0.2) is 0 Å². The molecule has 5 heterocycles. The largest absolute Gasteiger partial charge is 0.0561 e. The Hall–Kier alpha value is -4.48. The summed E-state index contributed by atoms with van der Waals surface area (Å²) in [5.74, 6) is 2.85. The third-order valence-corrected chi connectivity index (χ3v) is 12.1. The molecule has 6 aromatic rings. The van der Waals surface area contributed by atoms with Gasteiger partial charge in [-0.25, -0.2) is 0 Å². The first-order valence-corrected chi connectivity index (χ1v) is 20.0. The Bertz CT molecular complexity index is 2340. The molecule has 0 atom stereocenters. The van der Waals surface area contributed by atoms with Crippen LogP contribution in [0.5, 0.6) is 11.5 Å². The van der Waals surface area contributed by atoms with Crippen molar-refractivity contribution in [1.82, 2.24) is 15.0 Å². The predicted octanol–water partition coefficient (Wildman–Crippen LogP) is 10.0. The topological polar surface area (TPSA) is 57.6 Å². The van der Waals surface area contributed by atoms with Crippen LogP contribution in [0.2, 0.25) is 0 Å². The standard InChI is InChI=1S/C46H45N6OSe.Pt/c1-44(2,3)30-17-21-48-42(25-30)52-38-27-36(15-16-40(38)54-41-18-20-47-28-39(41)52)53-35-13-10-12-33(26-35)51-29-50(37-14-11-19-49-43(37)51)34-23-31(45(4,5)6)22-32(24-34)46(7,8)9;/h10-25,28-29H,1-9H3;/q-3;. The van der Waals surface area contributed by atoms with Gasteiger partial charge in [-0.05, 0) is 40.2 Å². The minimum Gasteiger partial charge on any atom is -0.0561 e. The van der Waals surface area contributed by atoms with Gasteiger partial charge in [-0.15, -0.1) is 0 Å². The van der Waals surface area contributed by atoms with Crippen molar-refractivity contribution in [3.63, 3.8) is 0 Å². The summed E-state index contributed by atoms with van der Waals surface area (Å²) in [7, 11) is 0. The average Bonchev–Trinajstić information content (AvgIpc) is 3.53. The van der Waals surface area contributed by atoms with E-state index in [1.54, 1.807) is 0 Å². The fourth-order valence-electron chi connectivity index (χ4n) is 6.62. The van der Waals surface area contributed by atoms with Crippen molar-refractivity contribution in [3.8, 4) is 11.5 Å². The number of ether oxygens (including phenoxy) is 1. The molecule has 0 amide bonds. The summed E-state index contributed by atoms with van der Waals surface area (Å²) in [6.45, 7) is 22.4. The summed E-state index contributed by atoms with van der Waals surface area (Å²) < 4.78 is 9.01. The van der Waals surface area contributed by atoms with Gasteiger partial charge in [0.25, 0.3) is 0 Å². The van der Waals surface area contributed by atoms with E-state index in [2.05, 4.69) is 149 Å². The Morgan fingerprint density at radius 3 is 2.09 bits per heavy atom. The number of benzene rings is 3. The van der Waals surface area contributed by atoms with Crippen LogP contribution in [0.1, 0.15) is 79.0 Å². The summed E-state index contributed by atoms with van der Waals surface area (Å²) in [5.41, 5.74) is 8.63. The van der Waals surface area contributed by atoms with Crippen molar-refractivity contribution in [2.75, 3.05) is 14.7 Å². The van der Waals surface area contributed by atoms with Gasteiger partial charge in [0.2, 0.25) is 0 Å². The molecule has 0 unspecified atom stereocenters. The number of hydrogen-bond acceptors (Lipinski definition) is 7. The SMILES string of the molecule is CC(C)(C)c1cc(N2[CH-]N(c3[c-]c(Oc4[c-]c5c(cc4)[Se]c4ccncc4N5c4cc(C(C)(C)C)ccn4)ccc3)c3ncccc32)cc(C(C)(C)C)c1.[Pt]. The van der Waals surface area contributed by atoms with E-state index in [4.69, 9.17) is 14.7 Å². The minimum atomic E-state index is -0.0286. The number of pyridine rings is 3. The van der Waals surface area contributed by atoms with E-state index in [-0.39, 0.29) is 52.3 Å². The first-order chi connectivity index (χ1) is 25.6. The van der Waals surface area contributed by atoms with Gasteiger partial charge in [-0.1, -0.05) is 47.6 Å². The van der Waals surface area contributed by atoms with Gasteiger partial charge in [-0.2, -0.15) is 0 Å². The molecule has 7 nitrogen and oxygen atoms in total. The number of anilines is 7. The Balaban J connectivity index is 0.00000465. The second-order valence-corrected chi connectivity index (χ2v) is 19.2. The van der Waals surface area contributed by atoms with Gasteiger partial charge in [0, 0.05) is 21.1 Å². The van der Waals surface area contributed by atoms with Crippen molar-refractivity contribution in [3.05, 3.63) is 139 Å². The van der Waals surface area contributed by atoms with Crippen LogP contribution >= 0.6 is 0 Å². The molecule has 0 aliphatic carbocycles. The van der Waals surface area contributed by atoms with E-state index in [0.717, 1.165) is 40.1 Å². The van der Waals surface area contributed by atoms with Crippen molar-refractivity contribution in [2.24, 2.45) is 0 Å². The summed E-state index contributed by atoms with van der Waals surface area (Å²) in [6.07, 6.45) is 7.52. The molecule has 3 aromatic carbocycles. The first-order valence-electron chi connectivity index (χ1n) is 18.3. The number of nitrogens with zero attached hydrogens (tertiary/aromatic N) is 6. The number of rotatable bonds is 5. The zero-order chi connectivity index (χ0) is 38.0. The van der Waals surface area contributed by atoms with E-state index in [1.165, 1.54) is 25.6 Å². The van der Waals surface area contributed by atoms with Gasteiger partial charge < -0.3 is 0 Å². The summed E-state index contributed by atoms with van der Waals surface area (Å²) in [6, 6.07) is 34.7. The van der Waals surface area contributed by atoms with Crippen molar-refractivity contribution < 1.29 is 25.8 Å². The number of fused-ring (bicyclic) bond motifs is 3.